The Morgan fingerprint density at radius 2 is 1.56 bits per heavy atom. The maximum absolute atomic E-state index is 14.3. The lowest BCUT2D eigenvalue weighted by atomic mass is 10.2. The first-order valence-corrected chi connectivity index (χ1v) is 9.60. The van der Waals surface area contributed by atoms with Crippen molar-refractivity contribution in [3.63, 3.8) is 0 Å². The summed E-state index contributed by atoms with van der Waals surface area (Å²) in [7, 11) is 0. The van der Waals surface area contributed by atoms with Gasteiger partial charge in [0.1, 0.15) is 5.82 Å². The van der Waals surface area contributed by atoms with Gasteiger partial charge in [0.25, 0.3) is 0 Å². The van der Waals surface area contributed by atoms with E-state index < -0.39 is 6.03 Å². The molecule has 0 aromatic heterocycles. The van der Waals surface area contributed by atoms with Crippen molar-refractivity contribution in [2.45, 2.75) is 16.3 Å². The van der Waals surface area contributed by atoms with Crippen molar-refractivity contribution in [1.82, 2.24) is 5.32 Å². The maximum atomic E-state index is 14.3. The van der Waals surface area contributed by atoms with Gasteiger partial charge in [-0.1, -0.05) is 41.0 Å². The van der Waals surface area contributed by atoms with Crippen LogP contribution in [0, 0.1) is 5.82 Å². The van der Waals surface area contributed by atoms with Crippen molar-refractivity contribution in [2.75, 3.05) is 5.32 Å². The Morgan fingerprint density at radius 1 is 0.926 bits per heavy atom. The quantitative estimate of drug-likeness (QED) is 0.487. The van der Waals surface area contributed by atoms with E-state index in [9.17, 15) is 9.18 Å². The van der Waals surface area contributed by atoms with Crippen LogP contribution in [0.3, 0.4) is 0 Å². The largest absolute Gasteiger partial charge is 0.334 e. The second-order valence-electron chi connectivity index (χ2n) is 5.59. The normalized spacial score (nSPS) is 10.5. The van der Waals surface area contributed by atoms with Gasteiger partial charge in [-0.05, 0) is 60.7 Å². The molecule has 0 aliphatic carbocycles. The zero-order valence-corrected chi connectivity index (χ0v) is 16.3. The van der Waals surface area contributed by atoms with Gasteiger partial charge in [-0.2, -0.15) is 0 Å². The third kappa shape index (κ3) is 5.63. The van der Waals surface area contributed by atoms with Crippen LogP contribution < -0.4 is 10.6 Å². The summed E-state index contributed by atoms with van der Waals surface area (Å²) in [5.74, 6) is -0.374. The van der Waals surface area contributed by atoms with Crippen LogP contribution in [0.15, 0.2) is 76.5 Å². The third-order valence-corrected chi connectivity index (χ3v) is 5.26. The second-order valence-corrected chi connectivity index (χ2v) is 7.58. The molecule has 0 bridgehead atoms. The first-order valence-electron chi connectivity index (χ1n) is 8.02. The minimum absolute atomic E-state index is 0.0576. The highest BCUT2D eigenvalue weighted by Gasteiger charge is 2.11. The molecular weight excluding hydrogens is 406 g/mol. The first-order chi connectivity index (χ1) is 13.0. The fourth-order valence-corrected chi connectivity index (χ4v) is 3.53. The van der Waals surface area contributed by atoms with E-state index >= 15 is 0 Å². The van der Waals surface area contributed by atoms with Crippen molar-refractivity contribution in [2.24, 2.45) is 0 Å². The molecule has 0 unspecified atom stereocenters. The van der Waals surface area contributed by atoms with Crippen LogP contribution >= 0.6 is 35.0 Å². The number of hydrogen-bond acceptors (Lipinski definition) is 2. The van der Waals surface area contributed by atoms with E-state index in [0.717, 1.165) is 9.79 Å². The summed E-state index contributed by atoms with van der Waals surface area (Å²) in [5, 5.41) is 6.58. The number of halogens is 3. The van der Waals surface area contributed by atoms with Gasteiger partial charge in [0.05, 0.1) is 0 Å². The molecule has 2 amide bonds. The Morgan fingerprint density at radius 3 is 2.22 bits per heavy atom. The standard InChI is InChI=1S/C20H15Cl2FN2OS/c21-13-4-8-15(9-5-13)25-20(26)24-12-17-18(23)2-1-3-19(17)27-16-10-6-14(22)7-11-16/h1-11H,12H2,(H2,24,25,26). The lowest BCUT2D eigenvalue weighted by molar-refractivity contribution is 0.251. The van der Waals surface area contributed by atoms with E-state index in [4.69, 9.17) is 23.2 Å². The molecule has 3 aromatic rings. The zero-order valence-electron chi connectivity index (χ0n) is 14.0. The number of rotatable bonds is 5. The summed E-state index contributed by atoms with van der Waals surface area (Å²) >= 11 is 13.1. The van der Waals surface area contributed by atoms with Gasteiger partial charge in [0.15, 0.2) is 0 Å². The summed E-state index contributed by atoms with van der Waals surface area (Å²) in [6.45, 7) is 0.0576. The van der Waals surface area contributed by atoms with Crippen molar-refractivity contribution < 1.29 is 9.18 Å². The van der Waals surface area contributed by atoms with Gasteiger partial charge < -0.3 is 10.6 Å². The maximum Gasteiger partial charge on any atom is 0.319 e. The number of carbonyl (C=O) groups is 1. The number of hydrogen-bond donors (Lipinski definition) is 2. The molecule has 0 saturated carbocycles. The van der Waals surface area contributed by atoms with Crippen molar-refractivity contribution >= 4 is 46.7 Å². The zero-order chi connectivity index (χ0) is 19.2. The van der Waals surface area contributed by atoms with Gasteiger partial charge in [-0.25, -0.2) is 9.18 Å². The van der Waals surface area contributed by atoms with Gasteiger partial charge in [0, 0.05) is 37.6 Å². The average molecular weight is 421 g/mol. The molecular formula is C20H15Cl2FN2OS. The molecule has 138 valence electrons. The minimum atomic E-state index is -0.428. The average Bonchev–Trinajstić information content (AvgIpc) is 2.65. The summed E-state index contributed by atoms with van der Waals surface area (Å²) in [6.07, 6.45) is 0. The van der Waals surface area contributed by atoms with E-state index in [1.54, 1.807) is 42.5 Å². The smallest absolute Gasteiger partial charge is 0.319 e. The lowest BCUT2D eigenvalue weighted by Crippen LogP contribution is -2.28. The predicted octanol–water partition coefficient (Wildman–Crippen LogP) is 6.61. The van der Waals surface area contributed by atoms with Crippen LogP contribution in [0.25, 0.3) is 0 Å². The Kier molecular flexibility index (Phi) is 6.61. The molecule has 3 aromatic carbocycles. The van der Waals surface area contributed by atoms with Crippen LogP contribution in [-0.2, 0) is 6.54 Å². The Labute approximate surface area is 170 Å². The highest BCUT2D eigenvalue weighted by Crippen LogP contribution is 2.32. The number of anilines is 1. The van der Waals surface area contributed by atoms with Gasteiger partial charge >= 0.3 is 6.03 Å². The van der Waals surface area contributed by atoms with E-state index in [-0.39, 0.29) is 12.4 Å². The summed E-state index contributed by atoms with van der Waals surface area (Å²) < 4.78 is 14.3. The lowest BCUT2D eigenvalue weighted by Gasteiger charge is -2.12. The van der Waals surface area contributed by atoms with Gasteiger partial charge in [-0.3, -0.25) is 0 Å². The van der Waals surface area contributed by atoms with Crippen LogP contribution in [0.5, 0.6) is 0 Å². The van der Waals surface area contributed by atoms with E-state index in [0.29, 0.717) is 21.3 Å². The minimum Gasteiger partial charge on any atom is -0.334 e. The Bertz CT molecular complexity index is 934. The van der Waals surface area contributed by atoms with Crippen LogP contribution in [-0.4, -0.2) is 6.03 Å². The predicted molar refractivity (Wildman–Crippen MR) is 109 cm³/mol. The fraction of sp³-hybridized carbons (Fsp3) is 0.0500. The number of urea groups is 1. The number of amides is 2. The van der Waals surface area contributed by atoms with E-state index in [1.165, 1.54) is 17.8 Å². The molecule has 3 rings (SSSR count). The molecule has 0 radical (unpaired) electrons. The van der Waals surface area contributed by atoms with Crippen LogP contribution in [0.1, 0.15) is 5.56 Å². The van der Waals surface area contributed by atoms with Crippen molar-refractivity contribution in [1.29, 1.82) is 0 Å². The van der Waals surface area contributed by atoms with Crippen molar-refractivity contribution in [3.8, 4) is 0 Å². The summed E-state index contributed by atoms with van der Waals surface area (Å²) in [6, 6.07) is 18.4. The van der Waals surface area contributed by atoms with Crippen LogP contribution in [0.4, 0.5) is 14.9 Å². The van der Waals surface area contributed by atoms with Gasteiger partial charge in [-0.15, -0.1) is 0 Å². The molecule has 7 heteroatoms. The highest BCUT2D eigenvalue weighted by molar-refractivity contribution is 7.99. The van der Waals surface area contributed by atoms with Crippen molar-refractivity contribution in [3.05, 3.63) is 88.2 Å². The molecule has 0 aliphatic heterocycles. The molecule has 0 fully saturated rings. The molecule has 2 N–H and O–H groups in total. The topological polar surface area (TPSA) is 41.1 Å². The first kappa shape index (κ1) is 19.5. The van der Waals surface area contributed by atoms with Crippen LogP contribution in [0.2, 0.25) is 10.0 Å². The Hall–Kier alpha value is -2.21. The number of nitrogens with one attached hydrogen (secondary N) is 2. The highest BCUT2D eigenvalue weighted by atomic mass is 35.5. The molecule has 0 saturated heterocycles. The SMILES string of the molecule is O=C(NCc1c(F)cccc1Sc1ccc(Cl)cc1)Nc1ccc(Cl)cc1. The molecule has 0 heterocycles. The van der Waals surface area contributed by atoms with E-state index in [2.05, 4.69) is 10.6 Å². The molecule has 3 nitrogen and oxygen atoms in total. The monoisotopic (exact) mass is 420 g/mol. The number of carbonyl (C=O) groups excluding carboxylic acids is 1. The fourth-order valence-electron chi connectivity index (χ4n) is 2.31. The molecule has 0 spiro atoms. The number of benzene rings is 3. The summed E-state index contributed by atoms with van der Waals surface area (Å²) in [4.78, 5) is 13.7. The Balaban J connectivity index is 1.67. The van der Waals surface area contributed by atoms with E-state index in [1.807, 2.05) is 18.2 Å². The molecule has 27 heavy (non-hydrogen) atoms. The summed E-state index contributed by atoms with van der Waals surface area (Å²) in [5.41, 5.74) is 1.02. The third-order valence-electron chi connectivity index (χ3n) is 3.65. The van der Waals surface area contributed by atoms with Gasteiger partial charge in [0.2, 0.25) is 0 Å². The molecule has 0 aliphatic rings. The second kappa shape index (κ2) is 9.13. The molecule has 0 atom stereocenters.